The molecule has 0 radical (unpaired) electrons. The van der Waals surface area contributed by atoms with Gasteiger partial charge in [-0.05, 0) is 95.8 Å². The van der Waals surface area contributed by atoms with E-state index in [9.17, 15) is 0 Å². The van der Waals surface area contributed by atoms with Crippen molar-refractivity contribution in [3.63, 3.8) is 0 Å². The molecule has 0 atom stereocenters. The van der Waals surface area contributed by atoms with Crippen molar-refractivity contribution in [2.75, 3.05) is 10.6 Å². The fourth-order valence-electron chi connectivity index (χ4n) is 4.67. The Labute approximate surface area is 185 Å². The van der Waals surface area contributed by atoms with Gasteiger partial charge in [0.25, 0.3) is 0 Å². The summed E-state index contributed by atoms with van der Waals surface area (Å²) in [6, 6.07) is 30.5. The molecule has 0 bridgehead atoms. The van der Waals surface area contributed by atoms with Crippen LogP contribution in [0, 0.1) is 13.8 Å². The fraction of sp³-hybridized carbons (Fsp3) is 0.172. The maximum Gasteiger partial charge on any atom is 0.0387 e. The molecule has 0 amide bonds. The topological polar surface area (TPSA) is 24.1 Å². The van der Waals surface area contributed by atoms with Gasteiger partial charge in [0.05, 0.1) is 0 Å². The van der Waals surface area contributed by atoms with Crippen LogP contribution in [0.1, 0.15) is 36.1 Å². The molecule has 0 saturated carbocycles. The van der Waals surface area contributed by atoms with Crippen molar-refractivity contribution in [3.8, 4) is 11.1 Å². The molecule has 0 unspecified atom stereocenters. The second kappa shape index (κ2) is 7.31. The Bertz CT molecular complexity index is 1180. The number of nitrogens with one attached hydrogen (secondary N) is 2. The van der Waals surface area contributed by atoms with E-state index in [1.165, 1.54) is 33.4 Å². The lowest BCUT2D eigenvalue weighted by atomic mass is 9.82. The summed E-state index contributed by atoms with van der Waals surface area (Å²) in [5.74, 6) is 0. The van der Waals surface area contributed by atoms with E-state index in [1.807, 2.05) is 0 Å². The first-order valence-electron chi connectivity index (χ1n) is 10.9. The van der Waals surface area contributed by atoms with Gasteiger partial charge in [0.15, 0.2) is 0 Å². The molecule has 1 aliphatic carbocycles. The van der Waals surface area contributed by atoms with Crippen LogP contribution < -0.4 is 10.6 Å². The van der Waals surface area contributed by atoms with Crippen molar-refractivity contribution >= 4 is 22.7 Å². The summed E-state index contributed by atoms with van der Waals surface area (Å²) < 4.78 is 0. The van der Waals surface area contributed by atoms with Crippen LogP contribution >= 0.6 is 0 Å². The van der Waals surface area contributed by atoms with E-state index in [0.717, 1.165) is 22.7 Å². The minimum atomic E-state index is -0.0563. The first kappa shape index (κ1) is 19.4. The molecule has 0 spiro atoms. The van der Waals surface area contributed by atoms with Gasteiger partial charge in [0.2, 0.25) is 0 Å². The normalized spacial score (nSPS) is 13.4. The van der Waals surface area contributed by atoms with Gasteiger partial charge in [-0.2, -0.15) is 0 Å². The molecule has 4 aromatic rings. The van der Waals surface area contributed by atoms with Crippen LogP contribution in [-0.2, 0) is 5.41 Å². The minimum Gasteiger partial charge on any atom is -0.356 e. The Morgan fingerprint density at radius 1 is 0.516 bits per heavy atom. The van der Waals surface area contributed by atoms with Crippen LogP contribution in [0.25, 0.3) is 11.1 Å². The minimum absolute atomic E-state index is 0.0563. The standard InChI is InChI=1S/C29H28N2/c1-19-7-5-9-21(15-19)30-23-11-13-25-26-14-12-24(31-22-10-6-8-20(2)16-22)18-28(26)29(3,4)27(25)17-23/h5-18,30-31H,1-4H3. The molecule has 0 aromatic heterocycles. The molecule has 0 aliphatic heterocycles. The van der Waals surface area contributed by atoms with E-state index in [4.69, 9.17) is 0 Å². The van der Waals surface area contributed by atoms with E-state index < -0.39 is 0 Å². The van der Waals surface area contributed by atoms with E-state index in [2.05, 4.69) is 123 Å². The average Bonchev–Trinajstić information content (AvgIpc) is 2.95. The maximum atomic E-state index is 3.58. The molecule has 1 aliphatic rings. The van der Waals surface area contributed by atoms with E-state index in [0.29, 0.717) is 0 Å². The largest absolute Gasteiger partial charge is 0.356 e. The molecule has 154 valence electrons. The quantitative estimate of drug-likeness (QED) is 0.359. The Hall–Kier alpha value is -3.52. The third kappa shape index (κ3) is 3.59. The van der Waals surface area contributed by atoms with Gasteiger partial charge < -0.3 is 10.6 Å². The SMILES string of the molecule is Cc1cccc(Nc2ccc3c(c2)C(C)(C)c2cc(Nc4cccc(C)c4)ccc2-3)c1. The second-order valence-corrected chi connectivity index (χ2v) is 9.13. The fourth-order valence-corrected chi connectivity index (χ4v) is 4.67. The molecule has 0 fully saturated rings. The lowest BCUT2D eigenvalue weighted by Crippen LogP contribution is -2.15. The third-order valence-corrected chi connectivity index (χ3v) is 6.29. The smallest absolute Gasteiger partial charge is 0.0387 e. The Kier molecular flexibility index (Phi) is 4.59. The van der Waals surface area contributed by atoms with Gasteiger partial charge in [0, 0.05) is 28.2 Å². The monoisotopic (exact) mass is 404 g/mol. The summed E-state index contributed by atoms with van der Waals surface area (Å²) in [5, 5.41) is 7.15. The molecule has 5 rings (SSSR count). The molecule has 2 nitrogen and oxygen atoms in total. The first-order valence-corrected chi connectivity index (χ1v) is 10.9. The highest BCUT2D eigenvalue weighted by Crippen LogP contribution is 2.50. The molecule has 4 aromatic carbocycles. The highest BCUT2D eigenvalue weighted by Gasteiger charge is 2.35. The van der Waals surface area contributed by atoms with Crippen LogP contribution in [0.4, 0.5) is 22.7 Å². The number of rotatable bonds is 4. The molecule has 2 heteroatoms. The van der Waals surface area contributed by atoms with Gasteiger partial charge in [0.1, 0.15) is 0 Å². The summed E-state index contributed by atoms with van der Waals surface area (Å²) in [7, 11) is 0. The zero-order valence-electron chi connectivity index (χ0n) is 18.6. The van der Waals surface area contributed by atoms with Crippen molar-refractivity contribution in [1.29, 1.82) is 0 Å². The Balaban J connectivity index is 1.48. The van der Waals surface area contributed by atoms with Gasteiger partial charge in [-0.25, -0.2) is 0 Å². The second-order valence-electron chi connectivity index (χ2n) is 9.13. The summed E-state index contributed by atoms with van der Waals surface area (Å²) in [6.45, 7) is 8.89. The predicted molar refractivity (Wildman–Crippen MR) is 133 cm³/mol. The zero-order chi connectivity index (χ0) is 21.6. The molecular weight excluding hydrogens is 376 g/mol. The summed E-state index contributed by atoms with van der Waals surface area (Å²) in [4.78, 5) is 0. The van der Waals surface area contributed by atoms with Gasteiger partial charge in [-0.1, -0.05) is 50.2 Å². The van der Waals surface area contributed by atoms with Crippen LogP contribution in [0.5, 0.6) is 0 Å². The molecule has 31 heavy (non-hydrogen) atoms. The Morgan fingerprint density at radius 2 is 0.935 bits per heavy atom. The average molecular weight is 405 g/mol. The molecular formula is C29H28N2. The maximum absolute atomic E-state index is 3.58. The first-order chi connectivity index (χ1) is 14.9. The Morgan fingerprint density at radius 3 is 1.35 bits per heavy atom. The number of anilines is 4. The summed E-state index contributed by atoms with van der Waals surface area (Å²) in [5.41, 5.74) is 12.4. The van der Waals surface area contributed by atoms with Crippen molar-refractivity contribution in [2.24, 2.45) is 0 Å². The number of benzene rings is 4. The van der Waals surface area contributed by atoms with Crippen LogP contribution in [0.2, 0.25) is 0 Å². The lowest BCUT2D eigenvalue weighted by Gasteiger charge is -2.23. The van der Waals surface area contributed by atoms with Crippen LogP contribution in [-0.4, -0.2) is 0 Å². The predicted octanol–water partition coefficient (Wildman–Crippen LogP) is 8.10. The number of fused-ring (bicyclic) bond motifs is 3. The number of hydrogen-bond donors (Lipinski definition) is 2. The summed E-state index contributed by atoms with van der Waals surface area (Å²) in [6.07, 6.45) is 0. The van der Waals surface area contributed by atoms with Crippen molar-refractivity contribution in [3.05, 3.63) is 107 Å². The van der Waals surface area contributed by atoms with Crippen LogP contribution in [0.15, 0.2) is 84.9 Å². The summed E-state index contributed by atoms with van der Waals surface area (Å²) >= 11 is 0. The lowest BCUT2D eigenvalue weighted by molar-refractivity contribution is 0.661. The highest BCUT2D eigenvalue weighted by molar-refractivity contribution is 5.84. The molecule has 0 heterocycles. The third-order valence-electron chi connectivity index (χ3n) is 6.29. The number of aryl methyl sites for hydroxylation is 2. The van der Waals surface area contributed by atoms with Gasteiger partial charge >= 0.3 is 0 Å². The van der Waals surface area contributed by atoms with Crippen molar-refractivity contribution in [1.82, 2.24) is 0 Å². The highest BCUT2D eigenvalue weighted by atomic mass is 14.9. The van der Waals surface area contributed by atoms with E-state index >= 15 is 0 Å². The number of hydrogen-bond acceptors (Lipinski definition) is 2. The van der Waals surface area contributed by atoms with Crippen molar-refractivity contribution < 1.29 is 0 Å². The zero-order valence-corrected chi connectivity index (χ0v) is 18.6. The van der Waals surface area contributed by atoms with Gasteiger partial charge in [-0.3, -0.25) is 0 Å². The molecule has 0 saturated heterocycles. The van der Waals surface area contributed by atoms with Crippen LogP contribution in [0.3, 0.4) is 0 Å². The van der Waals surface area contributed by atoms with E-state index in [-0.39, 0.29) is 5.41 Å². The van der Waals surface area contributed by atoms with Gasteiger partial charge in [-0.15, -0.1) is 0 Å². The van der Waals surface area contributed by atoms with Crippen molar-refractivity contribution in [2.45, 2.75) is 33.1 Å². The van der Waals surface area contributed by atoms with E-state index in [1.54, 1.807) is 0 Å². The molecule has 2 N–H and O–H groups in total.